The molecule has 3 aromatic carbocycles. The van der Waals surface area contributed by atoms with Gasteiger partial charge in [-0.15, -0.1) is 17.5 Å². The molecule has 0 N–H and O–H groups in total. The van der Waals surface area contributed by atoms with Crippen LogP contribution in [0.1, 0.15) is 34.1 Å². The van der Waals surface area contributed by atoms with Crippen LogP contribution in [0.3, 0.4) is 0 Å². The Morgan fingerprint density at radius 2 is 1.74 bits per heavy atom. The van der Waals surface area contributed by atoms with E-state index in [-0.39, 0.29) is 18.5 Å². The fourth-order valence-electron chi connectivity index (χ4n) is 3.56. The smallest absolute Gasteiger partial charge is 0.126 e. The number of halogens is 1. The summed E-state index contributed by atoms with van der Waals surface area (Å²) in [4.78, 5) is 0. The van der Waals surface area contributed by atoms with E-state index in [0.29, 0.717) is 12.2 Å². The molecule has 1 atom stereocenters. The maximum absolute atomic E-state index is 9.67. The Morgan fingerprint density at radius 1 is 1.00 bits per heavy atom. The first-order chi connectivity index (χ1) is 14.7. The number of ether oxygens (including phenoxy) is 1. The number of hydrogen-bond acceptors (Lipinski definition) is 4. The van der Waals surface area contributed by atoms with Crippen molar-refractivity contribution in [3.05, 3.63) is 107 Å². The standard InChI is InChI=1S/C25H22N4O.ClH/c1-18-8-6-7-11-22(18)23-14-20(12-13-21(23)15-26)25(24-16-27-28-29(24)2)30-17-19-9-4-3-5-10-19;/h3-14,16,25H,17H2,1-2H3;1H. The molecule has 0 aliphatic carbocycles. The molecule has 5 nitrogen and oxygen atoms in total. The SMILES string of the molecule is Cc1ccccc1-c1cc(C(OCc2ccccc2)c2cnnn2C)ccc1C#N.Cl. The predicted octanol–water partition coefficient (Wildman–Crippen LogP) is 5.39. The summed E-state index contributed by atoms with van der Waals surface area (Å²) in [5, 5.41) is 17.8. The van der Waals surface area contributed by atoms with Gasteiger partial charge in [-0.2, -0.15) is 5.26 Å². The predicted molar refractivity (Wildman–Crippen MR) is 123 cm³/mol. The topological polar surface area (TPSA) is 63.7 Å². The van der Waals surface area contributed by atoms with Gasteiger partial charge in [0.15, 0.2) is 0 Å². The highest BCUT2D eigenvalue weighted by Crippen LogP contribution is 2.33. The fraction of sp³-hybridized carbons (Fsp3) is 0.160. The van der Waals surface area contributed by atoms with Gasteiger partial charge < -0.3 is 4.74 Å². The first-order valence-corrected chi connectivity index (χ1v) is 9.77. The molecule has 1 aromatic heterocycles. The van der Waals surface area contributed by atoms with Crippen LogP contribution in [0.4, 0.5) is 0 Å². The minimum Gasteiger partial charge on any atom is -0.362 e. The van der Waals surface area contributed by atoms with E-state index < -0.39 is 0 Å². The number of nitrogens with zero attached hydrogens (tertiary/aromatic N) is 4. The molecule has 0 aliphatic rings. The number of nitriles is 1. The summed E-state index contributed by atoms with van der Waals surface area (Å²) in [5.41, 5.74) is 6.59. The van der Waals surface area contributed by atoms with Crippen molar-refractivity contribution in [1.82, 2.24) is 15.0 Å². The summed E-state index contributed by atoms with van der Waals surface area (Å²) in [5.74, 6) is 0. The van der Waals surface area contributed by atoms with Crippen LogP contribution in [0.25, 0.3) is 11.1 Å². The lowest BCUT2D eigenvalue weighted by molar-refractivity contribution is 0.0615. The first-order valence-electron chi connectivity index (χ1n) is 9.77. The van der Waals surface area contributed by atoms with Crippen LogP contribution >= 0.6 is 12.4 Å². The Balaban J connectivity index is 0.00000272. The quantitative estimate of drug-likeness (QED) is 0.411. The Hall–Kier alpha value is -3.46. The van der Waals surface area contributed by atoms with Gasteiger partial charge in [0.2, 0.25) is 0 Å². The highest BCUT2D eigenvalue weighted by Gasteiger charge is 2.21. The van der Waals surface area contributed by atoms with Crippen molar-refractivity contribution >= 4 is 12.4 Å². The molecule has 0 radical (unpaired) electrons. The molecule has 0 spiro atoms. The summed E-state index contributed by atoms with van der Waals surface area (Å²) in [7, 11) is 1.85. The van der Waals surface area contributed by atoms with Gasteiger partial charge in [-0.25, -0.2) is 4.68 Å². The molecule has 0 aliphatic heterocycles. The zero-order valence-corrected chi connectivity index (χ0v) is 18.2. The van der Waals surface area contributed by atoms with Crippen LogP contribution in [-0.2, 0) is 18.4 Å². The van der Waals surface area contributed by atoms with Gasteiger partial charge in [0.1, 0.15) is 6.10 Å². The molecule has 0 amide bonds. The van der Waals surface area contributed by atoms with Crippen molar-refractivity contribution < 1.29 is 4.74 Å². The van der Waals surface area contributed by atoms with Gasteiger partial charge in [-0.1, -0.05) is 65.9 Å². The van der Waals surface area contributed by atoms with Crippen LogP contribution in [-0.4, -0.2) is 15.0 Å². The van der Waals surface area contributed by atoms with Crippen molar-refractivity contribution in [3.63, 3.8) is 0 Å². The summed E-state index contributed by atoms with van der Waals surface area (Å²) in [6.45, 7) is 2.51. The normalized spacial score (nSPS) is 11.4. The van der Waals surface area contributed by atoms with E-state index >= 15 is 0 Å². The Labute approximate surface area is 188 Å². The average molecular weight is 431 g/mol. The van der Waals surface area contributed by atoms with Crippen molar-refractivity contribution in [3.8, 4) is 17.2 Å². The molecule has 4 aromatic rings. The van der Waals surface area contributed by atoms with Crippen molar-refractivity contribution in [2.24, 2.45) is 7.05 Å². The number of hydrogen-bond donors (Lipinski definition) is 0. The third kappa shape index (κ3) is 4.83. The van der Waals surface area contributed by atoms with E-state index in [1.54, 1.807) is 10.9 Å². The third-order valence-electron chi connectivity index (χ3n) is 5.18. The highest BCUT2D eigenvalue weighted by molar-refractivity contribution is 5.85. The molecular formula is C25H23ClN4O. The largest absolute Gasteiger partial charge is 0.362 e. The van der Waals surface area contributed by atoms with E-state index in [2.05, 4.69) is 29.4 Å². The summed E-state index contributed by atoms with van der Waals surface area (Å²) >= 11 is 0. The number of aryl methyl sites for hydroxylation is 2. The maximum Gasteiger partial charge on any atom is 0.126 e. The monoisotopic (exact) mass is 430 g/mol. The van der Waals surface area contributed by atoms with Crippen molar-refractivity contribution in [1.29, 1.82) is 5.26 Å². The van der Waals surface area contributed by atoms with Gasteiger partial charge in [0.25, 0.3) is 0 Å². The van der Waals surface area contributed by atoms with Gasteiger partial charge in [-0.3, -0.25) is 0 Å². The number of aromatic nitrogens is 3. The van der Waals surface area contributed by atoms with Gasteiger partial charge >= 0.3 is 0 Å². The van der Waals surface area contributed by atoms with Crippen LogP contribution in [0.5, 0.6) is 0 Å². The number of rotatable bonds is 6. The van der Waals surface area contributed by atoms with E-state index in [1.807, 2.05) is 73.8 Å². The molecule has 6 heteroatoms. The molecular weight excluding hydrogens is 408 g/mol. The molecule has 0 saturated heterocycles. The lowest BCUT2D eigenvalue weighted by Gasteiger charge is -2.20. The summed E-state index contributed by atoms with van der Waals surface area (Å²) < 4.78 is 8.07. The van der Waals surface area contributed by atoms with Gasteiger partial charge in [0.05, 0.1) is 30.1 Å². The molecule has 1 unspecified atom stereocenters. The first kappa shape index (κ1) is 22.2. The van der Waals surface area contributed by atoms with E-state index in [0.717, 1.165) is 33.5 Å². The second-order valence-corrected chi connectivity index (χ2v) is 7.19. The van der Waals surface area contributed by atoms with Crippen LogP contribution in [0.15, 0.2) is 79.0 Å². The van der Waals surface area contributed by atoms with Crippen LogP contribution in [0, 0.1) is 18.3 Å². The molecule has 31 heavy (non-hydrogen) atoms. The van der Waals surface area contributed by atoms with Gasteiger partial charge in [-0.05, 0) is 41.3 Å². The zero-order valence-electron chi connectivity index (χ0n) is 17.4. The zero-order chi connectivity index (χ0) is 20.9. The molecule has 156 valence electrons. The molecule has 0 saturated carbocycles. The lowest BCUT2D eigenvalue weighted by Crippen LogP contribution is -2.12. The average Bonchev–Trinajstić information content (AvgIpc) is 3.20. The maximum atomic E-state index is 9.67. The highest BCUT2D eigenvalue weighted by atomic mass is 35.5. The fourth-order valence-corrected chi connectivity index (χ4v) is 3.56. The molecule has 0 fully saturated rings. The minimum absolute atomic E-state index is 0. The molecule has 1 heterocycles. The summed E-state index contributed by atoms with van der Waals surface area (Å²) in [6.07, 6.45) is 1.36. The molecule has 0 bridgehead atoms. The molecule has 4 rings (SSSR count). The summed E-state index contributed by atoms with van der Waals surface area (Å²) in [6, 6.07) is 26.3. The second kappa shape index (κ2) is 10.0. The van der Waals surface area contributed by atoms with E-state index in [1.165, 1.54) is 0 Å². The van der Waals surface area contributed by atoms with Gasteiger partial charge in [0, 0.05) is 12.6 Å². The van der Waals surface area contributed by atoms with Crippen LogP contribution in [0.2, 0.25) is 0 Å². The number of benzene rings is 3. The Morgan fingerprint density at radius 3 is 2.42 bits per heavy atom. The Kier molecular flexibility index (Phi) is 7.19. The third-order valence-corrected chi connectivity index (χ3v) is 5.18. The van der Waals surface area contributed by atoms with E-state index in [9.17, 15) is 5.26 Å². The Bertz CT molecular complexity index is 1200. The van der Waals surface area contributed by atoms with Crippen molar-refractivity contribution in [2.45, 2.75) is 19.6 Å². The lowest BCUT2D eigenvalue weighted by atomic mass is 9.93. The van der Waals surface area contributed by atoms with Crippen molar-refractivity contribution in [2.75, 3.05) is 0 Å². The second-order valence-electron chi connectivity index (χ2n) is 7.19. The van der Waals surface area contributed by atoms with E-state index in [4.69, 9.17) is 4.74 Å². The van der Waals surface area contributed by atoms with Crippen LogP contribution < -0.4 is 0 Å². The minimum atomic E-state index is -0.360.